The van der Waals surface area contributed by atoms with Gasteiger partial charge in [-0.05, 0) is 53.3 Å². The molecule has 1 saturated carbocycles. The predicted molar refractivity (Wildman–Crippen MR) is 184 cm³/mol. The largest absolute Gasteiger partial charge is 0.468 e. The number of halogens is 3. The van der Waals surface area contributed by atoms with E-state index in [0.717, 1.165) is 24.8 Å². The van der Waals surface area contributed by atoms with Crippen LogP contribution in [0, 0.1) is 10.7 Å². The van der Waals surface area contributed by atoms with E-state index >= 15 is 9.18 Å². The zero-order valence-corrected chi connectivity index (χ0v) is 27.8. The van der Waals surface area contributed by atoms with Crippen molar-refractivity contribution in [3.8, 4) is 0 Å². The minimum absolute atomic E-state index is 0.116. The molecule has 10 heteroatoms. The third-order valence-electron chi connectivity index (χ3n) is 10.8. The third kappa shape index (κ3) is 4.71. The molecule has 3 aliphatic rings. The van der Waals surface area contributed by atoms with Gasteiger partial charge in [0.25, 0.3) is 0 Å². The van der Waals surface area contributed by atoms with E-state index in [2.05, 4.69) is 10.5 Å². The van der Waals surface area contributed by atoms with Gasteiger partial charge < -0.3 is 10.1 Å². The van der Waals surface area contributed by atoms with Gasteiger partial charge in [-0.25, -0.2) is 4.39 Å². The van der Waals surface area contributed by atoms with Crippen molar-refractivity contribution in [2.24, 2.45) is 5.18 Å². The average molecular weight is 687 g/mol. The molecular formula is C38H34Cl2FN3O4. The van der Waals surface area contributed by atoms with Crippen molar-refractivity contribution in [2.75, 3.05) is 12.4 Å². The summed E-state index contributed by atoms with van der Waals surface area (Å²) in [6.45, 7) is 0. The molecule has 246 valence electrons. The Morgan fingerprint density at radius 1 is 0.938 bits per heavy atom. The molecule has 7 nitrogen and oxygen atoms in total. The van der Waals surface area contributed by atoms with Gasteiger partial charge in [0.1, 0.15) is 23.3 Å². The van der Waals surface area contributed by atoms with Crippen molar-refractivity contribution >= 4 is 40.8 Å². The van der Waals surface area contributed by atoms with Crippen LogP contribution in [0.3, 0.4) is 0 Å². The smallest absolute Gasteiger partial charge is 0.323 e. The van der Waals surface area contributed by atoms with Crippen LogP contribution in [0.1, 0.15) is 72.4 Å². The van der Waals surface area contributed by atoms with Crippen molar-refractivity contribution < 1.29 is 18.7 Å². The van der Waals surface area contributed by atoms with Gasteiger partial charge in [0.05, 0.1) is 18.2 Å². The van der Waals surface area contributed by atoms with E-state index < -0.39 is 46.8 Å². The topological polar surface area (TPSA) is 88.1 Å². The van der Waals surface area contributed by atoms with Gasteiger partial charge in [-0.15, -0.1) is 0 Å². The maximum Gasteiger partial charge on any atom is 0.323 e. The number of hydrogen-bond acceptors (Lipinski definition) is 6. The van der Waals surface area contributed by atoms with Crippen molar-refractivity contribution in [3.63, 3.8) is 0 Å². The summed E-state index contributed by atoms with van der Waals surface area (Å²) < 4.78 is 22.1. The molecule has 0 aromatic heterocycles. The van der Waals surface area contributed by atoms with E-state index in [1.807, 2.05) is 71.6 Å². The number of methoxy groups -OCH3 is 1. The lowest BCUT2D eigenvalue weighted by Gasteiger charge is -2.53. The first-order chi connectivity index (χ1) is 23.3. The summed E-state index contributed by atoms with van der Waals surface area (Å²) in [5.74, 6) is -2.86. The van der Waals surface area contributed by atoms with Crippen LogP contribution in [-0.2, 0) is 19.7 Å². The molecule has 2 spiro atoms. The molecule has 4 aromatic rings. The minimum Gasteiger partial charge on any atom is -0.468 e. The number of nitrogens with one attached hydrogen (secondary N) is 1. The van der Waals surface area contributed by atoms with Crippen LogP contribution >= 0.6 is 23.2 Å². The number of anilines is 1. The Kier molecular flexibility index (Phi) is 8.60. The second kappa shape index (κ2) is 12.7. The SMILES string of the molecule is COC(=O)C1C(c2cccc(Cl)c2F)C2(C(=O)Nc3cc(Cl)ccc32)C2(CCCCC2)N1C(c1ccccc1)C(N=O)c1ccccc1. The van der Waals surface area contributed by atoms with E-state index in [9.17, 15) is 9.70 Å². The lowest BCUT2D eigenvalue weighted by atomic mass is 9.55. The fraction of sp³-hybridized carbons (Fsp3) is 0.316. The Morgan fingerprint density at radius 3 is 2.25 bits per heavy atom. The number of ether oxygens (including phenoxy) is 1. The van der Waals surface area contributed by atoms with Crippen molar-refractivity contribution in [3.05, 3.63) is 140 Å². The molecule has 1 N–H and O–H groups in total. The quantitative estimate of drug-likeness (QED) is 0.155. The lowest BCUT2D eigenvalue weighted by Crippen LogP contribution is -2.62. The normalized spacial score (nSPS) is 24.2. The van der Waals surface area contributed by atoms with E-state index in [0.29, 0.717) is 34.7 Å². The van der Waals surface area contributed by atoms with E-state index in [1.54, 1.807) is 24.3 Å². The summed E-state index contributed by atoms with van der Waals surface area (Å²) in [7, 11) is 1.29. The molecule has 5 unspecified atom stereocenters. The van der Waals surface area contributed by atoms with Crippen LogP contribution in [0.4, 0.5) is 10.1 Å². The van der Waals surface area contributed by atoms with Gasteiger partial charge in [0.2, 0.25) is 5.91 Å². The highest BCUT2D eigenvalue weighted by atomic mass is 35.5. The first kappa shape index (κ1) is 32.4. The molecular weight excluding hydrogens is 652 g/mol. The molecule has 0 bridgehead atoms. The second-order valence-electron chi connectivity index (χ2n) is 12.9. The van der Waals surface area contributed by atoms with E-state index in [4.69, 9.17) is 27.9 Å². The zero-order valence-electron chi connectivity index (χ0n) is 26.2. The van der Waals surface area contributed by atoms with Gasteiger partial charge in [-0.1, -0.05) is 127 Å². The van der Waals surface area contributed by atoms with Gasteiger partial charge in [-0.2, -0.15) is 4.91 Å². The Balaban J connectivity index is 1.64. The number of amides is 1. The van der Waals surface area contributed by atoms with Crippen molar-refractivity contribution in [2.45, 2.75) is 67.1 Å². The molecule has 7 rings (SSSR count). The van der Waals surface area contributed by atoms with Gasteiger partial charge >= 0.3 is 5.97 Å². The van der Waals surface area contributed by atoms with Crippen LogP contribution < -0.4 is 5.32 Å². The molecule has 5 atom stereocenters. The molecule has 1 amide bonds. The first-order valence-corrected chi connectivity index (χ1v) is 16.9. The van der Waals surface area contributed by atoms with Crippen LogP contribution in [0.25, 0.3) is 0 Å². The van der Waals surface area contributed by atoms with Gasteiger partial charge in [0, 0.05) is 22.2 Å². The molecule has 1 aliphatic carbocycles. The monoisotopic (exact) mass is 685 g/mol. The highest BCUT2D eigenvalue weighted by Gasteiger charge is 2.77. The van der Waals surface area contributed by atoms with Gasteiger partial charge in [0.15, 0.2) is 0 Å². The average Bonchev–Trinajstić information content (AvgIpc) is 3.53. The number of esters is 1. The molecule has 2 heterocycles. The van der Waals surface area contributed by atoms with E-state index in [1.165, 1.54) is 13.2 Å². The highest BCUT2D eigenvalue weighted by Crippen LogP contribution is 2.69. The van der Waals surface area contributed by atoms with Crippen LogP contribution in [-0.4, -0.2) is 35.5 Å². The first-order valence-electron chi connectivity index (χ1n) is 16.1. The number of nitrogens with zero attached hydrogens (tertiary/aromatic N) is 2. The Bertz CT molecular complexity index is 1870. The summed E-state index contributed by atoms with van der Waals surface area (Å²) in [5, 5.41) is 7.12. The van der Waals surface area contributed by atoms with Crippen molar-refractivity contribution in [1.82, 2.24) is 4.90 Å². The number of fused-ring (bicyclic) bond motifs is 3. The Hall–Kier alpha value is -4.11. The van der Waals surface area contributed by atoms with E-state index in [-0.39, 0.29) is 16.5 Å². The zero-order chi connectivity index (χ0) is 33.6. The Morgan fingerprint density at radius 2 is 1.60 bits per heavy atom. The Labute approximate surface area is 288 Å². The summed E-state index contributed by atoms with van der Waals surface area (Å²) >= 11 is 12.9. The number of carbonyl (C=O) groups is 2. The predicted octanol–water partition coefficient (Wildman–Crippen LogP) is 8.92. The van der Waals surface area contributed by atoms with Crippen LogP contribution in [0.15, 0.2) is 102 Å². The summed E-state index contributed by atoms with van der Waals surface area (Å²) in [6, 6.07) is 25.4. The van der Waals surface area contributed by atoms with Crippen molar-refractivity contribution in [1.29, 1.82) is 0 Å². The minimum atomic E-state index is -1.52. The fourth-order valence-corrected chi connectivity index (χ4v) is 9.45. The van der Waals surface area contributed by atoms with Crippen LogP contribution in [0.5, 0.6) is 0 Å². The highest BCUT2D eigenvalue weighted by molar-refractivity contribution is 6.31. The van der Waals surface area contributed by atoms with Crippen LogP contribution in [0.2, 0.25) is 10.0 Å². The third-order valence-corrected chi connectivity index (χ3v) is 11.3. The summed E-state index contributed by atoms with van der Waals surface area (Å²) in [4.78, 5) is 44.9. The fourth-order valence-electron chi connectivity index (χ4n) is 9.09. The second-order valence-corrected chi connectivity index (χ2v) is 13.7. The van der Waals surface area contributed by atoms with Gasteiger partial charge in [-0.3, -0.25) is 14.5 Å². The maximum absolute atomic E-state index is 16.6. The number of rotatable bonds is 7. The molecule has 48 heavy (non-hydrogen) atoms. The molecule has 2 fully saturated rings. The molecule has 1 saturated heterocycles. The standard InChI is InChI=1S/C38H34Cl2FN3O4/c1-48-35(45)34-30(26-16-11-17-28(40)31(26)41)38(27-19-18-25(39)22-29(27)42-36(38)46)37(20-9-4-10-21-37)44(34)33(24-14-7-3-8-15-24)32(43-47)23-12-5-2-6-13-23/h2-3,5-8,11-19,22,30,32-34H,4,9-10,20-21H2,1H3,(H,42,46). The number of likely N-dealkylation sites (tertiary alicyclic amines) is 1. The lowest BCUT2D eigenvalue weighted by molar-refractivity contribution is -0.150. The maximum atomic E-state index is 16.6. The molecule has 2 aliphatic heterocycles. The number of benzene rings is 4. The number of nitroso groups, excluding NO2 is 1. The summed E-state index contributed by atoms with van der Waals surface area (Å²) in [5.41, 5.74) is -0.0287. The number of carbonyl (C=O) groups excluding carboxylic acids is 2. The molecule has 0 radical (unpaired) electrons. The number of hydrogen-bond donors (Lipinski definition) is 1. The summed E-state index contributed by atoms with van der Waals surface area (Å²) in [6.07, 6.45) is 3.35. The molecule has 4 aromatic carbocycles.